The van der Waals surface area contributed by atoms with Gasteiger partial charge in [0.1, 0.15) is 11.6 Å². The monoisotopic (exact) mass is 371 g/mol. The number of hydrogen-bond acceptors (Lipinski definition) is 5. The molecule has 1 aliphatic rings. The zero-order valence-electron chi connectivity index (χ0n) is 15.2. The predicted octanol–water partition coefficient (Wildman–Crippen LogP) is 2.58. The number of amides is 1. The highest BCUT2D eigenvalue weighted by Gasteiger charge is 2.11. The number of anilines is 1. The van der Waals surface area contributed by atoms with Crippen molar-refractivity contribution < 1.29 is 18.7 Å². The van der Waals surface area contributed by atoms with Crippen molar-refractivity contribution in [3.63, 3.8) is 0 Å². The summed E-state index contributed by atoms with van der Waals surface area (Å²) in [6.45, 7) is 4.89. The molecule has 7 heteroatoms. The maximum atomic E-state index is 12.8. The highest BCUT2D eigenvalue weighted by atomic mass is 19.1. The summed E-state index contributed by atoms with van der Waals surface area (Å²) in [5.41, 5.74) is 5.22. The number of ether oxygens (including phenoxy) is 2. The third-order valence-corrected chi connectivity index (χ3v) is 4.19. The molecule has 1 aliphatic heterocycles. The molecular formula is C20H22FN3O3. The average molecular weight is 371 g/mol. The fraction of sp³-hybridized carbons (Fsp3) is 0.300. The Morgan fingerprint density at radius 3 is 2.48 bits per heavy atom. The van der Waals surface area contributed by atoms with E-state index in [0.717, 1.165) is 37.6 Å². The summed E-state index contributed by atoms with van der Waals surface area (Å²) in [4.78, 5) is 14.1. The van der Waals surface area contributed by atoms with Crippen LogP contribution in [0.15, 0.2) is 53.6 Å². The first-order valence-electron chi connectivity index (χ1n) is 8.76. The van der Waals surface area contributed by atoms with Gasteiger partial charge in [-0.2, -0.15) is 5.10 Å². The van der Waals surface area contributed by atoms with E-state index >= 15 is 0 Å². The van der Waals surface area contributed by atoms with Gasteiger partial charge in [0.05, 0.1) is 18.9 Å². The van der Waals surface area contributed by atoms with Crippen LogP contribution in [0.4, 0.5) is 10.1 Å². The van der Waals surface area contributed by atoms with Gasteiger partial charge in [0.2, 0.25) is 0 Å². The lowest BCUT2D eigenvalue weighted by atomic mass is 10.1. The van der Waals surface area contributed by atoms with E-state index in [1.54, 1.807) is 0 Å². The molecule has 142 valence electrons. The Morgan fingerprint density at radius 2 is 1.81 bits per heavy atom. The lowest BCUT2D eigenvalue weighted by Crippen LogP contribution is -2.36. The fourth-order valence-corrected chi connectivity index (χ4v) is 2.66. The van der Waals surface area contributed by atoms with E-state index in [-0.39, 0.29) is 18.3 Å². The summed E-state index contributed by atoms with van der Waals surface area (Å²) in [6, 6.07) is 13.5. The van der Waals surface area contributed by atoms with Crippen LogP contribution in [0.1, 0.15) is 12.5 Å². The molecule has 1 fully saturated rings. The molecule has 0 atom stereocenters. The highest BCUT2D eigenvalue weighted by molar-refractivity contribution is 5.99. The van der Waals surface area contributed by atoms with Gasteiger partial charge in [0.25, 0.3) is 5.91 Å². The van der Waals surface area contributed by atoms with Crippen LogP contribution in [-0.4, -0.2) is 44.5 Å². The lowest BCUT2D eigenvalue weighted by molar-refractivity contribution is -0.123. The summed E-state index contributed by atoms with van der Waals surface area (Å²) >= 11 is 0. The quantitative estimate of drug-likeness (QED) is 0.626. The molecule has 2 aromatic rings. The molecule has 6 nitrogen and oxygen atoms in total. The number of morpholine rings is 1. The van der Waals surface area contributed by atoms with Gasteiger partial charge >= 0.3 is 0 Å². The van der Waals surface area contributed by atoms with Crippen molar-refractivity contribution in [3.05, 3.63) is 59.9 Å². The van der Waals surface area contributed by atoms with Crippen LogP contribution in [0, 0.1) is 5.82 Å². The Kier molecular flexibility index (Phi) is 6.38. The van der Waals surface area contributed by atoms with Crippen LogP contribution in [0.25, 0.3) is 0 Å². The molecule has 0 saturated carbocycles. The molecular weight excluding hydrogens is 349 g/mol. The number of hydrazone groups is 1. The minimum absolute atomic E-state index is 0.196. The molecule has 0 unspecified atom stereocenters. The molecule has 27 heavy (non-hydrogen) atoms. The summed E-state index contributed by atoms with van der Waals surface area (Å²) in [6.07, 6.45) is 0. The molecule has 0 spiro atoms. The third-order valence-electron chi connectivity index (χ3n) is 4.19. The van der Waals surface area contributed by atoms with E-state index in [4.69, 9.17) is 9.47 Å². The zero-order valence-corrected chi connectivity index (χ0v) is 15.2. The summed E-state index contributed by atoms with van der Waals surface area (Å²) in [7, 11) is 0. The smallest absolute Gasteiger partial charge is 0.277 e. The number of halogens is 1. The Bertz CT molecular complexity index is 785. The summed E-state index contributed by atoms with van der Waals surface area (Å²) in [5, 5.41) is 4.11. The molecule has 1 N–H and O–H groups in total. The summed E-state index contributed by atoms with van der Waals surface area (Å²) < 4.78 is 23.5. The molecule has 0 bridgehead atoms. The van der Waals surface area contributed by atoms with Gasteiger partial charge in [-0.25, -0.2) is 9.82 Å². The highest BCUT2D eigenvalue weighted by Crippen LogP contribution is 2.17. The predicted molar refractivity (Wildman–Crippen MR) is 102 cm³/mol. The SMILES string of the molecule is CC(=NNC(=O)COc1ccc(F)cc1)c1ccc(N2CCOCC2)cc1. The number of benzene rings is 2. The molecule has 2 aromatic carbocycles. The Hall–Kier alpha value is -2.93. The Labute approximate surface area is 157 Å². The van der Waals surface area contributed by atoms with Crippen molar-refractivity contribution >= 4 is 17.3 Å². The standard InChI is InChI=1S/C20H22FN3O3/c1-15(16-2-6-18(7-3-16)24-10-12-26-13-11-24)22-23-20(25)14-27-19-8-4-17(21)5-9-19/h2-9H,10-14H2,1H3,(H,23,25). The largest absolute Gasteiger partial charge is 0.484 e. The number of rotatable bonds is 6. The second-order valence-electron chi connectivity index (χ2n) is 6.12. The number of hydrogen-bond donors (Lipinski definition) is 1. The van der Waals surface area contributed by atoms with Gasteiger partial charge in [0, 0.05) is 18.8 Å². The minimum atomic E-state index is -0.386. The van der Waals surface area contributed by atoms with Crippen molar-refractivity contribution in [1.82, 2.24) is 5.43 Å². The van der Waals surface area contributed by atoms with Crippen LogP contribution >= 0.6 is 0 Å². The number of nitrogens with zero attached hydrogens (tertiary/aromatic N) is 2. The topological polar surface area (TPSA) is 63.2 Å². The third kappa shape index (κ3) is 5.52. The zero-order chi connectivity index (χ0) is 19.1. The first-order chi connectivity index (χ1) is 13.1. The van der Waals surface area contributed by atoms with Gasteiger partial charge < -0.3 is 14.4 Å². The van der Waals surface area contributed by atoms with Crippen molar-refractivity contribution in [2.75, 3.05) is 37.8 Å². The van der Waals surface area contributed by atoms with E-state index in [2.05, 4.69) is 15.4 Å². The second kappa shape index (κ2) is 9.14. The first-order valence-corrected chi connectivity index (χ1v) is 8.76. The van der Waals surface area contributed by atoms with Crippen molar-refractivity contribution in [3.8, 4) is 5.75 Å². The average Bonchev–Trinajstić information content (AvgIpc) is 2.72. The number of nitrogens with one attached hydrogen (secondary N) is 1. The van der Waals surface area contributed by atoms with Crippen molar-refractivity contribution in [2.45, 2.75) is 6.92 Å². The maximum absolute atomic E-state index is 12.8. The molecule has 0 radical (unpaired) electrons. The Balaban J connectivity index is 1.50. The number of carbonyl (C=O) groups is 1. The van der Waals surface area contributed by atoms with Gasteiger partial charge in [-0.05, 0) is 48.9 Å². The van der Waals surface area contributed by atoms with Crippen LogP contribution in [-0.2, 0) is 9.53 Å². The summed E-state index contributed by atoms with van der Waals surface area (Å²) in [5.74, 6) is -0.318. The normalized spacial score (nSPS) is 14.7. The molecule has 1 heterocycles. The van der Waals surface area contributed by atoms with Gasteiger partial charge in [-0.3, -0.25) is 4.79 Å². The molecule has 0 aliphatic carbocycles. The first kappa shape index (κ1) is 18.8. The fourth-order valence-electron chi connectivity index (χ4n) is 2.66. The van der Waals surface area contributed by atoms with Gasteiger partial charge in [-0.15, -0.1) is 0 Å². The Morgan fingerprint density at radius 1 is 1.15 bits per heavy atom. The van der Waals surface area contributed by atoms with Crippen LogP contribution in [0.2, 0.25) is 0 Å². The van der Waals surface area contributed by atoms with E-state index in [1.807, 2.05) is 31.2 Å². The van der Waals surface area contributed by atoms with Crippen LogP contribution in [0.3, 0.4) is 0 Å². The van der Waals surface area contributed by atoms with Crippen molar-refractivity contribution in [2.24, 2.45) is 5.10 Å². The van der Waals surface area contributed by atoms with Gasteiger partial charge in [0.15, 0.2) is 6.61 Å². The van der Waals surface area contributed by atoms with Crippen LogP contribution in [0.5, 0.6) is 5.75 Å². The van der Waals surface area contributed by atoms with E-state index in [9.17, 15) is 9.18 Å². The molecule has 1 amide bonds. The molecule has 1 saturated heterocycles. The minimum Gasteiger partial charge on any atom is -0.484 e. The number of carbonyl (C=O) groups excluding carboxylic acids is 1. The lowest BCUT2D eigenvalue weighted by Gasteiger charge is -2.28. The van der Waals surface area contributed by atoms with E-state index in [1.165, 1.54) is 24.3 Å². The van der Waals surface area contributed by atoms with Gasteiger partial charge in [-0.1, -0.05) is 12.1 Å². The molecule has 0 aromatic heterocycles. The van der Waals surface area contributed by atoms with Crippen LogP contribution < -0.4 is 15.1 Å². The molecule has 3 rings (SSSR count). The maximum Gasteiger partial charge on any atom is 0.277 e. The van der Waals surface area contributed by atoms with Crippen molar-refractivity contribution in [1.29, 1.82) is 0 Å². The van der Waals surface area contributed by atoms with E-state index in [0.29, 0.717) is 11.5 Å². The van der Waals surface area contributed by atoms with E-state index < -0.39 is 0 Å². The second-order valence-corrected chi connectivity index (χ2v) is 6.12.